The van der Waals surface area contributed by atoms with E-state index < -0.39 is 0 Å². The van der Waals surface area contributed by atoms with Crippen molar-refractivity contribution in [2.45, 2.75) is 26.0 Å². The molecule has 2 unspecified atom stereocenters. The molecule has 2 nitrogen and oxygen atoms in total. The fraction of sp³-hybridized carbons (Fsp3) is 0.800. The molecule has 0 spiro atoms. The minimum absolute atomic E-state index is 0.362. The quantitative estimate of drug-likeness (QED) is 0.513. The van der Waals surface area contributed by atoms with E-state index in [1.807, 2.05) is 6.08 Å². The van der Waals surface area contributed by atoms with Crippen molar-refractivity contribution >= 4 is 11.6 Å². The van der Waals surface area contributed by atoms with Crippen LogP contribution < -0.4 is 0 Å². The summed E-state index contributed by atoms with van der Waals surface area (Å²) in [7, 11) is 0. The fourth-order valence-electron chi connectivity index (χ4n) is 1.50. The third-order valence-electron chi connectivity index (χ3n) is 2.33. The molecule has 0 aromatic carbocycles. The zero-order chi connectivity index (χ0) is 9.68. The van der Waals surface area contributed by atoms with Crippen molar-refractivity contribution in [1.29, 1.82) is 0 Å². The molecule has 1 heterocycles. The van der Waals surface area contributed by atoms with E-state index in [2.05, 4.69) is 24.8 Å². The summed E-state index contributed by atoms with van der Waals surface area (Å²) in [5.74, 6) is 0.605. The minimum atomic E-state index is 0.362. The van der Waals surface area contributed by atoms with Crippen LogP contribution in [0.15, 0.2) is 12.2 Å². The highest BCUT2D eigenvalue weighted by Gasteiger charge is 2.21. The molecule has 1 aliphatic heterocycles. The second kappa shape index (κ2) is 5.63. The van der Waals surface area contributed by atoms with Crippen molar-refractivity contribution < 1.29 is 4.74 Å². The Morgan fingerprint density at radius 1 is 1.46 bits per heavy atom. The van der Waals surface area contributed by atoms with Gasteiger partial charge in [-0.05, 0) is 13.8 Å². The number of hydrogen-bond acceptors (Lipinski definition) is 2. The summed E-state index contributed by atoms with van der Waals surface area (Å²) in [6.07, 6.45) is 4.48. The molecule has 13 heavy (non-hydrogen) atoms. The molecule has 1 rings (SSSR count). The number of hydrogen-bond donors (Lipinski definition) is 0. The van der Waals surface area contributed by atoms with Crippen molar-refractivity contribution in [2.75, 3.05) is 25.6 Å². The standard InChI is InChI=1S/C10H18ClNO/c1-9-8-13-10(2)7-12(9)6-4-3-5-11/h3-4,9-10H,5-8H2,1-2H3. The third kappa shape index (κ3) is 3.67. The predicted molar refractivity (Wildman–Crippen MR) is 56.3 cm³/mol. The van der Waals surface area contributed by atoms with Crippen molar-refractivity contribution in [1.82, 2.24) is 4.90 Å². The average Bonchev–Trinajstić information content (AvgIpc) is 2.11. The van der Waals surface area contributed by atoms with Gasteiger partial charge in [-0.15, -0.1) is 11.6 Å². The molecule has 0 amide bonds. The summed E-state index contributed by atoms with van der Waals surface area (Å²) >= 11 is 5.55. The van der Waals surface area contributed by atoms with Gasteiger partial charge in [0, 0.05) is 25.0 Å². The summed E-state index contributed by atoms with van der Waals surface area (Å²) in [5, 5.41) is 0. The number of morpholine rings is 1. The van der Waals surface area contributed by atoms with E-state index in [0.717, 1.165) is 19.7 Å². The second-order valence-electron chi connectivity index (χ2n) is 3.57. The topological polar surface area (TPSA) is 12.5 Å². The number of allylic oxidation sites excluding steroid dienone is 1. The first-order valence-electron chi connectivity index (χ1n) is 4.80. The Morgan fingerprint density at radius 3 is 2.92 bits per heavy atom. The lowest BCUT2D eigenvalue weighted by Crippen LogP contribution is -2.47. The van der Waals surface area contributed by atoms with Crippen molar-refractivity contribution in [3.05, 3.63) is 12.2 Å². The smallest absolute Gasteiger partial charge is 0.0674 e. The number of rotatable bonds is 3. The van der Waals surface area contributed by atoms with E-state index in [4.69, 9.17) is 16.3 Å². The fourth-order valence-corrected chi connectivity index (χ4v) is 1.63. The van der Waals surface area contributed by atoms with Crippen LogP contribution in [0.2, 0.25) is 0 Å². The Bertz CT molecular complexity index is 172. The van der Waals surface area contributed by atoms with Crippen LogP contribution >= 0.6 is 11.6 Å². The molecule has 2 atom stereocenters. The Balaban J connectivity index is 2.33. The van der Waals surface area contributed by atoms with Crippen molar-refractivity contribution in [2.24, 2.45) is 0 Å². The maximum atomic E-state index is 5.55. The number of halogens is 1. The summed E-state index contributed by atoms with van der Waals surface area (Å²) in [6, 6.07) is 0.524. The molecular weight excluding hydrogens is 186 g/mol. The van der Waals surface area contributed by atoms with Crippen LogP contribution in [0.1, 0.15) is 13.8 Å². The zero-order valence-electron chi connectivity index (χ0n) is 8.37. The lowest BCUT2D eigenvalue weighted by atomic mass is 10.2. The molecule has 0 aromatic rings. The maximum absolute atomic E-state index is 5.55. The summed E-state index contributed by atoms with van der Waals surface area (Å²) in [4.78, 5) is 2.41. The molecule has 0 bridgehead atoms. The molecule has 1 fully saturated rings. The van der Waals surface area contributed by atoms with Gasteiger partial charge in [0.1, 0.15) is 0 Å². The van der Waals surface area contributed by atoms with E-state index in [0.29, 0.717) is 18.0 Å². The first-order valence-corrected chi connectivity index (χ1v) is 5.34. The maximum Gasteiger partial charge on any atom is 0.0674 e. The SMILES string of the molecule is CC1CN(CC=CCCl)C(C)CO1. The normalized spacial score (nSPS) is 31.3. The van der Waals surface area contributed by atoms with E-state index >= 15 is 0 Å². The van der Waals surface area contributed by atoms with Gasteiger partial charge in [-0.3, -0.25) is 4.90 Å². The highest BCUT2D eigenvalue weighted by atomic mass is 35.5. The lowest BCUT2D eigenvalue weighted by Gasteiger charge is -2.36. The van der Waals surface area contributed by atoms with Crippen LogP contribution in [0.3, 0.4) is 0 Å². The molecule has 1 saturated heterocycles. The van der Waals surface area contributed by atoms with Crippen LogP contribution in [0.4, 0.5) is 0 Å². The number of ether oxygens (including phenoxy) is 1. The summed E-state index contributed by atoms with van der Waals surface area (Å²) in [6.45, 7) is 7.16. The molecule has 0 N–H and O–H groups in total. The van der Waals surface area contributed by atoms with Crippen molar-refractivity contribution in [3.8, 4) is 0 Å². The van der Waals surface area contributed by atoms with Crippen LogP contribution in [-0.4, -0.2) is 42.6 Å². The molecular formula is C10H18ClNO. The molecule has 0 aliphatic carbocycles. The Labute approximate surface area is 85.5 Å². The first-order chi connectivity index (χ1) is 6.24. The van der Waals surface area contributed by atoms with Crippen molar-refractivity contribution in [3.63, 3.8) is 0 Å². The minimum Gasteiger partial charge on any atom is -0.376 e. The van der Waals surface area contributed by atoms with Gasteiger partial charge in [-0.2, -0.15) is 0 Å². The molecule has 0 saturated carbocycles. The zero-order valence-corrected chi connectivity index (χ0v) is 9.13. The van der Waals surface area contributed by atoms with Gasteiger partial charge in [0.2, 0.25) is 0 Å². The van der Waals surface area contributed by atoms with Crippen LogP contribution in [0.25, 0.3) is 0 Å². The van der Waals surface area contributed by atoms with Gasteiger partial charge in [-0.25, -0.2) is 0 Å². The van der Waals surface area contributed by atoms with Crippen LogP contribution in [0, 0.1) is 0 Å². The first kappa shape index (κ1) is 11.0. The Kier molecular flexibility index (Phi) is 4.78. The average molecular weight is 204 g/mol. The number of alkyl halides is 1. The molecule has 0 radical (unpaired) electrons. The molecule has 3 heteroatoms. The highest BCUT2D eigenvalue weighted by molar-refractivity contribution is 6.18. The van der Waals surface area contributed by atoms with E-state index in [1.165, 1.54) is 0 Å². The van der Waals surface area contributed by atoms with Crippen LogP contribution in [0.5, 0.6) is 0 Å². The van der Waals surface area contributed by atoms with E-state index in [1.54, 1.807) is 0 Å². The summed E-state index contributed by atoms with van der Waals surface area (Å²) in [5.41, 5.74) is 0. The monoisotopic (exact) mass is 203 g/mol. The largest absolute Gasteiger partial charge is 0.376 e. The molecule has 76 valence electrons. The highest BCUT2D eigenvalue weighted by Crippen LogP contribution is 2.10. The second-order valence-corrected chi connectivity index (χ2v) is 3.88. The van der Waals surface area contributed by atoms with Gasteiger partial charge in [0.15, 0.2) is 0 Å². The predicted octanol–water partition coefficient (Wildman–Crippen LogP) is 1.89. The van der Waals surface area contributed by atoms with Crippen LogP contribution in [-0.2, 0) is 4.74 Å². The van der Waals surface area contributed by atoms with Gasteiger partial charge in [0.05, 0.1) is 12.7 Å². The number of nitrogens with zero attached hydrogens (tertiary/aromatic N) is 1. The third-order valence-corrected chi connectivity index (χ3v) is 2.51. The van der Waals surface area contributed by atoms with Gasteiger partial charge >= 0.3 is 0 Å². The van der Waals surface area contributed by atoms with Gasteiger partial charge < -0.3 is 4.74 Å². The summed E-state index contributed by atoms with van der Waals surface area (Å²) < 4.78 is 5.53. The van der Waals surface area contributed by atoms with Gasteiger partial charge in [0.25, 0.3) is 0 Å². The Morgan fingerprint density at radius 2 is 2.23 bits per heavy atom. The molecule has 0 aromatic heterocycles. The van der Waals surface area contributed by atoms with E-state index in [-0.39, 0.29) is 0 Å². The molecule has 1 aliphatic rings. The van der Waals surface area contributed by atoms with E-state index in [9.17, 15) is 0 Å². The Hall–Kier alpha value is -0.0500. The lowest BCUT2D eigenvalue weighted by molar-refractivity contribution is -0.0447. The van der Waals surface area contributed by atoms with Gasteiger partial charge in [-0.1, -0.05) is 12.2 Å².